The van der Waals surface area contributed by atoms with Crippen LogP contribution in [0.25, 0.3) is 0 Å². The number of aliphatic carboxylic acids is 1. The van der Waals surface area contributed by atoms with Gasteiger partial charge in [-0.2, -0.15) is 0 Å². The summed E-state index contributed by atoms with van der Waals surface area (Å²) in [6, 6.07) is 6.88. The number of thioether (sulfide) groups is 1. The number of benzene rings is 1. The Hall–Kier alpha value is -1.83. The highest BCUT2D eigenvalue weighted by molar-refractivity contribution is 8.03. The minimum absolute atomic E-state index is 0.0986. The van der Waals surface area contributed by atoms with Crippen LogP contribution in [0.5, 0.6) is 0 Å². The molecular weight excluding hydrogens is 391 g/mol. The van der Waals surface area contributed by atoms with E-state index in [0.29, 0.717) is 18.2 Å². The van der Waals surface area contributed by atoms with E-state index in [2.05, 4.69) is 16.8 Å². The Morgan fingerprint density at radius 2 is 2.10 bits per heavy atom. The summed E-state index contributed by atoms with van der Waals surface area (Å²) in [5, 5.41) is 10.6. The third-order valence-corrected chi connectivity index (χ3v) is 6.51. The first-order chi connectivity index (χ1) is 13.9. The third-order valence-electron chi connectivity index (χ3n) is 5.51. The number of carboxylic acid groups (broad SMARTS) is 1. The number of rotatable bonds is 7. The van der Waals surface area contributed by atoms with Crippen molar-refractivity contribution in [2.24, 2.45) is 0 Å². The van der Waals surface area contributed by atoms with Crippen LogP contribution in [-0.4, -0.2) is 59.1 Å². The lowest BCUT2D eigenvalue weighted by Gasteiger charge is -2.45. The van der Waals surface area contributed by atoms with Crippen LogP contribution in [0.15, 0.2) is 46.5 Å². The molecule has 0 saturated carbocycles. The number of carboxylic acids is 1. The first-order valence-electron chi connectivity index (χ1n) is 10.0. The molecule has 1 N–H and O–H groups in total. The summed E-state index contributed by atoms with van der Waals surface area (Å²) in [7, 11) is 2.09. The number of carbonyl (C=O) groups is 1. The van der Waals surface area contributed by atoms with E-state index in [9.17, 15) is 14.3 Å². The second-order valence-electron chi connectivity index (χ2n) is 7.45. The highest BCUT2D eigenvalue weighted by Crippen LogP contribution is 2.37. The summed E-state index contributed by atoms with van der Waals surface area (Å²) in [4.78, 5) is 16.5. The largest absolute Gasteiger partial charge is 0.478 e. The van der Waals surface area contributed by atoms with Gasteiger partial charge in [0, 0.05) is 25.8 Å². The molecule has 0 spiro atoms. The molecule has 0 aromatic heterocycles. The van der Waals surface area contributed by atoms with Gasteiger partial charge in [-0.1, -0.05) is 19.1 Å². The van der Waals surface area contributed by atoms with Crippen molar-refractivity contribution in [2.75, 3.05) is 26.0 Å². The highest BCUT2D eigenvalue weighted by Gasteiger charge is 2.35. The van der Waals surface area contributed by atoms with Crippen molar-refractivity contribution in [1.82, 2.24) is 9.80 Å². The molecule has 3 rings (SSSR count). The summed E-state index contributed by atoms with van der Waals surface area (Å²) in [6.07, 6.45) is 3.81. The summed E-state index contributed by atoms with van der Waals surface area (Å²) in [5.41, 5.74) is 1.93. The zero-order valence-corrected chi connectivity index (χ0v) is 18.0. The molecule has 1 fully saturated rings. The maximum absolute atomic E-state index is 13.8. The van der Waals surface area contributed by atoms with E-state index < -0.39 is 5.97 Å². The average molecular weight is 421 g/mol. The van der Waals surface area contributed by atoms with Crippen molar-refractivity contribution in [3.8, 4) is 0 Å². The SMILES string of the molecule is CCSC1=C(C(=O)O)C(C)=CC(N(C)C2CCOCC2)N1Cc1cccc(F)c1. The molecule has 1 aromatic carbocycles. The molecule has 29 heavy (non-hydrogen) atoms. The molecule has 7 heteroatoms. The molecule has 1 atom stereocenters. The molecule has 2 aliphatic heterocycles. The Bertz CT molecular complexity index is 805. The number of hydrogen-bond acceptors (Lipinski definition) is 5. The second kappa shape index (κ2) is 9.78. The molecule has 0 bridgehead atoms. The predicted octanol–water partition coefficient (Wildman–Crippen LogP) is 4.07. The van der Waals surface area contributed by atoms with E-state index >= 15 is 0 Å². The molecular formula is C22H29FN2O3S. The van der Waals surface area contributed by atoms with Gasteiger partial charge in [0.1, 0.15) is 12.0 Å². The van der Waals surface area contributed by atoms with E-state index in [0.717, 1.165) is 48.0 Å². The number of halogens is 1. The predicted molar refractivity (Wildman–Crippen MR) is 114 cm³/mol. The molecule has 1 unspecified atom stereocenters. The summed E-state index contributed by atoms with van der Waals surface area (Å²) in [5.74, 6) is -0.453. The molecule has 0 radical (unpaired) electrons. The normalized spacial score (nSPS) is 20.9. The van der Waals surface area contributed by atoms with Crippen LogP contribution < -0.4 is 0 Å². The van der Waals surface area contributed by atoms with Gasteiger partial charge in [0.15, 0.2) is 0 Å². The van der Waals surface area contributed by atoms with E-state index in [1.807, 2.05) is 26.0 Å². The summed E-state index contributed by atoms with van der Waals surface area (Å²) >= 11 is 1.53. The van der Waals surface area contributed by atoms with Crippen molar-refractivity contribution in [1.29, 1.82) is 0 Å². The monoisotopic (exact) mass is 420 g/mol. The molecule has 158 valence electrons. The molecule has 0 aliphatic carbocycles. The summed E-state index contributed by atoms with van der Waals surface area (Å²) < 4.78 is 19.3. The van der Waals surface area contributed by atoms with E-state index in [1.165, 1.54) is 23.9 Å². The van der Waals surface area contributed by atoms with Gasteiger partial charge >= 0.3 is 5.97 Å². The van der Waals surface area contributed by atoms with Crippen molar-refractivity contribution in [3.05, 3.63) is 57.9 Å². The van der Waals surface area contributed by atoms with Gasteiger partial charge in [-0.15, -0.1) is 11.8 Å². The fraction of sp³-hybridized carbons (Fsp3) is 0.500. The Balaban J connectivity index is 2.01. The molecule has 2 heterocycles. The Morgan fingerprint density at radius 3 is 2.72 bits per heavy atom. The minimum atomic E-state index is -0.925. The van der Waals surface area contributed by atoms with Gasteiger partial charge < -0.3 is 14.7 Å². The lowest BCUT2D eigenvalue weighted by molar-refractivity contribution is -0.132. The zero-order valence-electron chi connectivity index (χ0n) is 17.2. The number of nitrogens with zero attached hydrogens (tertiary/aromatic N) is 2. The first-order valence-corrected chi connectivity index (χ1v) is 11.0. The van der Waals surface area contributed by atoms with Crippen molar-refractivity contribution >= 4 is 17.7 Å². The third kappa shape index (κ3) is 5.02. The molecule has 5 nitrogen and oxygen atoms in total. The van der Waals surface area contributed by atoms with Gasteiger partial charge in [0.05, 0.1) is 10.6 Å². The van der Waals surface area contributed by atoms with Crippen molar-refractivity contribution < 1.29 is 19.0 Å². The maximum Gasteiger partial charge on any atom is 0.338 e. The van der Waals surface area contributed by atoms with Gasteiger partial charge in [-0.05, 0) is 61.9 Å². The van der Waals surface area contributed by atoms with Gasteiger partial charge in [-0.3, -0.25) is 4.90 Å². The number of ether oxygens (including phenoxy) is 1. The molecule has 1 saturated heterocycles. The van der Waals surface area contributed by atoms with Gasteiger partial charge in [0.2, 0.25) is 0 Å². The Kier molecular flexibility index (Phi) is 7.38. The van der Waals surface area contributed by atoms with Gasteiger partial charge in [-0.25, -0.2) is 9.18 Å². The quantitative estimate of drug-likeness (QED) is 0.718. The van der Waals surface area contributed by atoms with Crippen molar-refractivity contribution in [2.45, 2.75) is 45.4 Å². The maximum atomic E-state index is 13.8. The fourth-order valence-electron chi connectivity index (χ4n) is 4.02. The molecule has 2 aliphatic rings. The van der Waals surface area contributed by atoms with Crippen LogP contribution in [0.3, 0.4) is 0 Å². The topological polar surface area (TPSA) is 53.0 Å². The zero-order chi connectivity index (χ0) is 21.0. The minimum Gasteiger partial charge on any atom is -0.478 e. The first kappa shape index (κ1) is 21.9. The lowest BCUT2D eigenvalue weighted by atomic mass is 10.0. The van der Waals surface area contributed by atoms with Crippen molar-refractivity contribution in [3.63, 3.8) is 0 Å². The standard InChI is InChI=1S/C22H29FN2O3S/c1-4-29-21-20(22(26)27)15(2)12-19(24(3)18-8-10-28-11-9-18)25(21)14-16-6-5-7-17(23)13-16/h5-7,12-13,18-19H,4,8-11,14H2,1-3H3,(H,26,27). The van der Waals surface area contributed by atoms with E-state index in [4.69, 9.17) is 4.74 Å². The van der Waals surface area contributed by atoms with Gasteiger partial charge in [0.25, 0.3) is 0 Å². The average Bonchev–Trinajstić information content (AvgIpc) is 2.70. The molecule has 0 amide bonds. The van der Waals surface area contributed by atoms with Crippen LogP contribution in [0.2, 0.25) is 0 Å². The van der Waals surface area contributed by atoms with Crippen LogP contribution in [0.4, 0.5) is 4.39 Å². The smallest absolute Gasteiger partial charge is 0.338 e. The number of likely N-dealkylation sites (N-methyl/N-ethyl adjacent to an activating group) is 1. The second-order valence-corrected chi connectivity index (χ2v) is 8.70. The van der Waals surface area contributed by atoms with Crippen LogP contribution in [-0.2, 0) is 16.1 Å². The highest BCUT2D eigenvalue weighted by atomic mass is 32.2. The van der Waals surface area contributed by atoms with E-state index in [1.54, 1.807) is 6.07 Å². The Morgan fingerprint density at radius 1 is 1.38 bits per heavy atom. The summed E-state index contributed by atoms with van der Waals surface area (Å²) in [6.45, 7) is 5.80. The van der Waals surface area contributed by atoms with Crippen LogP contribution in [0.1, 0.15) is 32.3 Å². The number of hydrogen-bond donors (Lipinski definition) is 1. The van der Waals surface area contributed by atoms with Crippen LogP contribution in [0, 0.1) is 5.82 Å². The van der Waals surface area contributed by atoms with Crippen LogP contribution >= 0.6 is 11.8 Å². The van der Waals surface area contributed by atoms with E-state index in [-0.39, 0.29) is 12.0 Å². The Labute approximate surface area is 176 Å². The lowest BCUT2D eigenvalue weighted by Crippen LogP contribution is -2.51. The molecule has 1 aromatic rings. The fourth-order valence-corrected chi connectivity index (χ4v) is 5.03.